The Morgan fingerprint density at radius 3 is 2.53 bits per heavy atom. The van der Waals surface area contributed by atoms with E-state index in [2.05, 4.69) is 9.17 Å². The maximum absolute atomic E-state index is 12.9. The summed E-state index contributed by atoms with van der Waals surface area (Å²) in [5.41, 5.74) is -0.551. The van der Waals surface area contributed by atoms with Crippen LogP contribution in [-0.4, -0.2) is 19.7 Å². The van der Waals surface area contributed by atoms with Gasteiger partial charge in [0.15, 0.2) is 5.82 Å². The van der Waals surface area contributed by atoms with Gasteiger partial charge in [-0.2, -0.15) is 22.2 Å². The number of pyridine rings is 1. The summed E-state index contributed by atoms with van der Waals surface area (Å²) < 4.78 is 63.2. The van der Waals surface area contributed by atoms with E-state index < -0.39 is 40.0 Å². The van der Waals surface area contributed by atoms with Crippen LogP contribution in [0.25, 0.3) is 0 Å². The third-order valence-electron chi connectivity index (χ3n) is 1.39. The van der Waals surface area contributed by atoms with E-state index in [9.17, 15) is 21.6 Å². The molecule has 84 valence electrons. The molecule has 1 aromatic rings. The van der Waals surface area contributed by atoms with Crippen LogP contribution in [0.5, 0.6) is 0 Å². The molecule has 0 atom stereocenters. The van der Waals surface area contributed by atoms with Gasteiger partial charge in [0, 0.05) is 11.6 Å². The molecule has 1 rings (SSSR count). The first-order valence-electron chi connectivity index (χ1n) is 3.64. The molecule has 0 aliphatic rings. The van der Waals surface area contributed by atoms with Gasteiger partial charge in [-0.1, -0.05) is 0 Å². The highest BCUT2D eigenvalue weighted by Gasteiger charge is 2.14. The van der Waals surface area contributed by atoms with Crippen LogP contribution in [0.1, 0.15) is 5.56 Å². The average Bonchev–Trinajstić information content (AvgIpc) is 2.07. The van der Waals surface area contributed by atoms with E-state index in [1.165, 1.54) is 0 Å². The molecule has 0 unspecified atom stereocenters. The van der Waals surface area contributed by atoms with Crippen molar-refractivity contribution in [2.24, 2.45) is 0 Å². The van der Waals surface area contributed by atoms with Crippen molar-refractivity contribution in [1.82, 2.24) is 4.98 Å². The summed E-state index contributed by atoms with van der Waals surface area (Å²) >= 11 is 0. The third kappa shape index (κ3) is 3.48. The summed E-state index contributed by atoms with van der Waals surface area (Å²) in [6, 6.07) is 0.559. The maximum Gasteiger partial charge on any atom is 0.264 e. The Hall–Kier alpha value is -1.15. The minimum atomic E-state index is -3.80. The number of hydrogen-bond donors (Lipinski definition) is 0. The normalized spacial score (nSPS) is 11.7. The molecule has 0 bridgehead atoms. The minimum absolute atomic E-state index is 0.551. The fourth-order valence-corrected chi connectivity index (χ4v) is 1.13. The predicted molar refractivity (Wildman–Crippen MR) is 43.7 cm³/mol. The molecule has 15 heavy (non-hydrogen) atoms. The Morgan fingerprint density at radius 1 is 1.40 bits per heavy atom. The zero-order valence-corrected chi connectivity index (χ0v) is 8.32. The predicted octanol–water partition coefficient (Wildman–Crippen LogP) is 0.975. The molecule has 8 heteroatoms. The molecule has 0 N–H and O–H groups in total. The van der Waals surface area contributed by atoms with Crippen LogP contribution in [0.4, 0.5) is 13.2 Å². The van der Waals surface area contributed by atoms with Gasteiger partial charge < -0.3 is 0 Å². The van der Waals surface area contributed by atoms with Gasteiger partial charge in [0.05, 0.1) is 12.9 Å². The zero-order valence-electron chi connectivity index (χ0n) is 7.50. The number of halogens is 3. The molecule has 0 amide bonds. The molecule has 4 nitrogen and oxygen atoms in total. The smallest absolute Gasteiger partial charge is 0.264 e. The summed E-state index contributed by atoms with van der Waals surface area (Å²) in [6.45, 7) is -0.777. The van der Waals surface area contributed by atoms with Gasteiger partial charge in [0.25, 0.3) is 16.1 Å². The molecule has 0 aliphatic heterocycles. The lowest BCUT2D eigenvalue weighted by Crippen LogP contribution is -2.07. The van der Waals surface area contributed by atoms with Gasteiger partial charge in [0.2, 0.25) is 5.95 Å². The summed E-state index contributed by atoms with van der Waals surface area (Å²) in [4.78, 5) is 2.56. The highest BCUT2D eigenvalue weighted by atomic mass is 32.2. The van der Waals surface area contributed by atoms with Gasteiger partial charge in [0.1, 0.15) is 0 Å². The largest absolute Gasteiger partial charge is 0.265 e. The molecule has 0 radical (unpaired) electrons. The van der Waals surface area contributed by atoms with Crippen molar-refractivity contribution < 1.29 is 25.8 Å². The average molecular weight is 241 g/mol. The highest BCUT2D eigenvalue weighted by Crippen LogP contribution is 2.13. The van der Waals surface area contributed by atoms with Crippen molar-refractivity contribution in [3.05, 3.63) is 29.3 Å². The van der Waals surface area contributed by atoms with Gasteiger partial charge in [-0.3, -0.25) is 4.18 Å². The summed E-state index contributed by atoms with van der Waals surface area (Å²) in [5.74, 6) is -4.32. The van der Waals surface area contributed by atoms with Crippen molar-refractivity contribution in [2.45, 2.75) is 6.61 Å². The van der Waals surface area contributed by atoms with Gasteiger partial charge in [-0.05, 0) is 0 Å². The molecule has 1 heterocycles. The Balaban J connectivity index is 2.95. The van der Waals surface area contributed by atoms with Crippen LogP contribution in [0.2, 0.25) is 0 Å². The standard InChI is InChI=1S/C7H6F3NO3S/c1-15(12,13)14-3-4-2-5(8)11-7(10)6(4)9/h2H,3H2,1H3. The van der Waals surface area contributed by atoms with E-state index in [4.69, 9.17) is 0 Å². The van der Waals surface area contributed by atoms with E-state index in [-0.39, 0.29) is 0 Å². The molecule has 0 aliphatic carbocycles. The summed E-state index contributed by atoms with van der Waals surface area (Å²) in [6.07, 6.45) is 0.735. The van der Waals surface area contributed by atoms with Crippen LogP contribution >= 0.6 is 0 Å². The Kier molecular flexibility index (Phi) is 3.30. The third-order valence-corrected chi connectivity index (χ3v) is 1.94. The number of hydrogen-bond acceptors (Lipinski definition) is 4. The summed E-state index contributed by atoms with van der Waals surface area (Å²) in [5, 5.41) is 0. The van der Waals surface area contributed by atoms with Crippen LogP contribution in [0, 0.1) is 17.7 Å². The highest BCUT2D eigenvalue weighted by molar-refractivity contribution is 7.85. The lowest BCUT2D eigenvalue weighted by molar-refractivity contribution is 0.299. The summed E-state index contributed by atoms with van der Waals surface area (Å²) in [7, 11) is -3.80. The first-order chi connectivity index (χ1) is 6.79. The Morgan fingerprint density at radius 2 is 2.00 bits per heavy atom. The fourth-order valence-electron chi connectivity index (χ4n) is 0.790. The molecular formula is C7H6F3NO3S. The van der Waals surface area contributed by atoms with Crippen LogP contribution < -0.4 is 0 Å². The van der Waals surface area contributed by atoms with Crippen LogP contribution in [0.3, 0.4) is 0 Å². The first-order valence-corrected chi connectivity index (χ1v) is 5.46. The van der Waals surface area contributed by atoms with Crippen molar-refractivity contribution in [3.63, 3.8) is 0 Å². The molecule has 0 aromatic carbocycles. The Bertz CT molecular complexity index is 475. The van der Waals surface area contributed by atoms with Crippen LogP contribution in [0.15, 0.2) is 6.07 Å². The van der Waals surface area contributed by atoms with E-state index in [1.54, 1.807) is 0 Å². The first kappa shape index (κ1) is 11.9. The number of aromatic nitrogens is 1. The molecule has 0 spiro atoms. The van der Waals surface area contributed by atoms with Gasteiger partial charge in [-0.25, -0.2) is 4.39 Å². The molecule has 0 saturated heterocycles. The van der Waals surface area contributed by atoms with E-state index in [0.717, 1.165) is 6.26 Å². The van der Waals surface area contributed by atoms with Crippen molar-refractivity contribution in [1.29, 1.82) is 0 Å². The topological polar surface area (TPSA) is 56.3 Å². The van der Waals surface area contributed by atoms with Gasteiger partial charge >= 0.3 is 0 Å². The lowest BCUT2D eigenvalue weighted by Gasteiger charge is -2.03. The molecule has 1 aromatic heterocycles. The quantitative estimate of drug-likeness (QED) is 0.584. The monoisotopic (exact) mass is 241 g/mol. The fraction of sp³-hybridized carbons (Fsp3) is 0.286. The SMILES string of the molecule is CS(=O)(=O)OCc1cc(F)nc(F)c1F. The van der Waals surface area contributed by atoms with Crippen LogP contribution in [-0.2, 0) is 20.9 Å². The van der Waals surface area contributed by atoms with Gasteiger partial charge in [-0.15, -0.1) is 0 Å². The van der Waals surface area contributed by atoms with E-state index in [0.29, 0.717) is 6.07 Å². The second-order valence-corrected chi connectivity index (χ2v) is 4.32. The molecular weight excluding hydrogens is 235 g/mol. The maximum atomic E-state index is 12.9. The van der Waals surface area contributed by atoms with Crippen molar-refractivity contribution in [2.75, 3.05) is 6.26 Å². The molecule has 0 fully saturated rings. The second-order valence-electron chi connectivity index (χ2n) is 2.68. The Labute approximate surface area is 83.8 Å². The zero-order chi connectivity index (χ0) is 11.6. The minimum Gasteiger partial charge on any atom is -0.265 e. The number of rotatable bonds is 3. The second kappa shape index (κ2) is 4.15. The van der Waals surface area contributed by atoms with Crippen molar-refractivity contribution >= 4 is 10.1 Å². The lowest BCUT2D eigenvalue weighted by atomic mass is 10.3. The number of nitrogens with zero attached hydrogens (tertiary/aromatic N) is 1. The van der Waals surface area contributed by atoms with E-state index >= 15 is 0 Å². The van der Waals surface area contributed by atoms with E-state index in [1.807, 2.05) is 0 Å². The molecule has 0 saturated carbocycles. The van der Waals surface area contributed by atoms with Crippen molar-refractivity contribution in [3.8, 4) is 0 Å².